The SMILES string of the molecule is CC/C(=C/c1ccc(O)cc1)c1ccc(O)cc1. The summed E-state index contributed by atoms with van der Waals surface area (Å²) in [5.74, 6) is 0.550. The Kier molecular flexibility index (Phi) is 3.68. The molecule has 0 unspecified atom stereocenters. The molecule has 0 saturated heterocycles. The van der Waals surface area contributed by atoms with Crippen LogP contribution in [0.2, 0.25) is 0 Å². The summed E-state index contributed by atoms with van der Waals surface area (Å²) in [7, 11) is 0. The highest BCUT2D eigenvalue weighted by Crippen LogP contribution is 2.23. The van der Waals surface area contributed by atoms with E-state index in [-0.39, 0.29) is 11.5 Å². The summed E-state index contributed by atoms with van der Waals surface area (Å²) in [6.45, 7) is 2.10. The smallest absolute Gasteiger partial charge is 0.115 e. The van der Waals surface area contributed by atoms with Crippen LogP contribution < -0.4 is 0 Å². The van der Waals surface area contributed by atoms with Crippen molar-refractivity contribution in [3.05, 3.63) is 59.7 Å². The maximum absolute atomic E-state index is 9.28. The van der Waals surface area contributed by atoms with Crippen LogP contribution in [0.3, 0.4) is 0 Å². The second-order valence-corrected chi connectivity index (χ2v) is 4.16. The van der Waals surface area contributed by atoms with Gasteiger partial charge in [0.25, 0.3) is 0 Å². The molecule has 0 aromatic heterocycles. The number of phenolic OH excluding ortho intramolecular Hbond substituents is 2. The van der Waals surface area contributed by atoms with Crippen LogP contribution >= 0.6 is 0 Å². The number of aromatic hydroxyl groups is 2. The Balaban J connectivity index is 2.33. The molecule has 2 aromatic rings. The molecule has 0 saturated carbocycles. The van der Waals surface area contributed by atoms with Gasteiger partial charge in [0.2, 0.25) is 0 Å². The van der Waals surface area contributed by atoms with Gasteiger partial charge in [0.05, 0.1) is 0 Å². The number of phenols is 2. The minimum Gasteiger partial charge on any atom is -0.508 e. The van der Waals surface area contributed by atoms with E-state index in [0.717, 1.165) is 17.5 Å². The third-order valence-electron chi connectivity index (χ3n) is 2.85. The van der Waals surface area contributed by atoms with Crippen molar-refractivity contribution < 1.29 is 10.2 Å². The van der Waals surface area contributed by atoms with Crippen LogP contribution in [0.25, 0.3) is 11.6 Å². The van der Waals surface area contributed by atoms with Gasteiger partial charge in [-0.05, 0) is 47.4 Å². The zero-order valence-corrected chi connectivity index (χ0v) is 10.3. The summed E-state index contributed by atoms with van der Waals surface area (Å²) in [6, 6.07) is 14.3. The number of benzene rings is 2. The normalized spacial score (nSPS) is 11.5. The molecule has 0 amide bonds. The van der Waals surface area contributed by atoms with Crippen LogP contribution in [-0.2, 0) is 0 Å². The maximum atomic E-state index is 9.28. The van der Waals surface area contributed by atoms with Gasteiger partial charge in [-0.2, -0.15) is 0 Å². The van der Waals surface area contributed by atoms with Gasteiger partial charge in [0.15, 0.2) is 0 Å². The predicted molar refractivity (Wildman–Crippen MR) is 74.4 cm³/mol. The molecule has 0 aliphatic heterocycles. The molecular formula is C16H16O2. The second-order valence-electron chi connectivity index (χ2n) is 4.16. The fraction of sp³-hybridized carbons (Fsp3) is 0.125. The number of rotatable bonds is 3. The summed E-state index contributed by atoms with van der Waals surface area (Å²) in [4.78, 5) is 0. The van der Waals surface area contributed by atoms with Crippen LogP contribution in [0.5, 0.6) is 11.5 Å². The van der Waals surface area contributed by atoms with Crippen LogP contribution in [-0.4, -0.2) is 10.2 Å². The van der Waals surface area contributed by atoms with Gasteiger partial charge in [0, 0.05) is 0 Å². The molecule has 2 aromatic carbocycles. The first-order valence-corrected chi connectivity index (χ1v) is 5.98. The monoisotopic (exact) mass is 240 g/mol. The molecule has 0 heterocycles. The van der Waals surface area contributed by atoms with Crippen LogP contribution in [0.15, 0.2) is 48.5 Å². The first-order valence-electron chi connectivity index (χ1n) is 5.98. The van der Waals surface area contributed by atoms with E-state index < -0.39 is 0 Å². The van der Waals surface area contributed by atoms with Gasteiger partial charge >= 0.3 is 0 Å². The Morgan fingerprint density at radius 2 is 1.39 bits per heavy atom. The number of hydrogen-bond acceptors (Lipinski definition) is 2. The Labute approximate surface area is 107 Å². The van der Waals surface area contributed by atoms with Crippen molar-refractivity contribution in [3.63, 3.8) is 0 Å². The molecule has 0 fully saturated rings. The van der Waals surface area contributed by atoms with Gasteiger partial charge in [-0.15, -0.1) is 0 Å². The molecule has 18 heavy (non-hydrogen) atoms. The molecule has 0 atom stereocenters. The lowest BCUT2D eigenvalue weighted by atomic mass is 10.0. The Hall–Kier alpha value is -2.22. The first kappa shape index (κ1) is 12.2. The molecule has 0 aliphatic carbocycles. The number of hydrogen-bond donors (Lipinski definition) is 2. The Morgan fingerprint density at radius 3 is 1.89 bits per heavy atom. The van der Waals surface area contributed by atoms with Gasteiger partial charge in [-0.1, -0.05) is 37.3 Å². The highest BCUT2D eigenvalue weighted by atomic mass is 16.3. The second kappa shape index (κ2) is 5.41. The topological polar surface area (TPSA) is 40.5 Å². The van der Waals surface area contributed by atoms with Crippen molar-refractivity contribution >= 4 is 11.6 Å². The van der Waals surface area contributed by atoms with Gasteiger partial charge < -0.3 is 10.2 Å². The van der Waals surface area contributed by atoms with E-state index in [1.807, 2.05) is 24.3 Å². The van der Waals surface area contributed by atoms with Crippen molar-refractivity contribution in [1.82, 2.24) is 0 Å². The van der Waals surface area contributed by atoms with Crippen LogP contribution in [0, 0.1) is 0 Å². The quantitative estimate of drug-likeness (QED) is 0.794. The zero-order chi connectivity index (χ0) is 13.0. The molecule has 0 radical (unpaired) electrons. The molecule has 0 spiro atoms. The molecular weight excluding hydrogens is 224 g/mol. The lowest BCUT2D eigenvalue weighted by Gasteiger charge is -2.06. The van der Waals surface area contributed by atoms with Gasteiger partial charge in [-0.25, -0.2) is 0 Å². The van der Waals surface area contributed by atoms with E-state index in [2.05, 4.69) is 13.0 Å². The summed E-state index contributed by atoms with van der Waals surface area (Å²) in [5.41, 5.74) is 3.35. The van der Waals surface area contributed by atoms with E-state index in [1.165, 1.54) is 5.57 Å². The summed E-state index contributed by atoms with van der Waals surface area (Å²) in [5, 5.41) is 18.5. The van der Waals surface area contributed by atoms with Crippen molar-refractivity contribution in [3.8, 4) is 11.5 Å². The van der Waals surface area contributed by atoms with Crippen molar-refractivity contribution in [2.45, 2.75) is 13.3 Å². The van der Waals surface area contributed by atoms with E-state index >= 15 is 0 Å². The molecule has 2 nitrogen and oxygen atoms in total. The van der Waals surface area contributed by atoms with Crippen molar-refractivity contribution in [2.24, 2.45) is 0 Å². The largest absolute Gasteiger partial charge is 0.508 e. The lowest BCUT2D eigenvalue weighted by molar-refractivity contribution is 0.474. The minimum absolute atomic E-state index is 0.273. The van der Waals surface area contributed by atoms with Crippen LogP contribution in [0.4, 0.5) is 0 Å². The van der Waals surface area contributed by atoms with E-state index in [4.69, 9.17) is 0 Å². The third kappa shape index (κ3) is 2.92. The number of allylic oxidation sites excluding steroid dienone is 1. The highest BCUT2D eigenvalue weighted by molar-refractivity contribution is 5.81. The molecule has 0 aliphatic rings. The zero-order valence-electron chi connectivity index (χ0n) is 10.3. The standard InChI is InChI=1S/C16H16O2/c1-2-13(14-5-9-16(18)10-6-14)11-12-3-7-15(17)8-4-12/h3-11,17-18H,2H2,1H3/b13-11-. The molecule has 92 valence electrons. The molecule has 2 heteroatoms. The first-order chi connectivity index (χ1) is 8.69. The summed E-state index contributed by atoms with van der Waals surface area (Å²) >= 11 is 0. The third-order valence-corrected chi connectivity index (χ3v) is 2.85. The average Bonchev–Trinajstić information content (AvgIpc) is 2.39. The fourth-order valence-electron chi connectivity index (χ4n) is 1.84. The average molecular weight is 240 g/mol. The van der Waals surface area contributed by atoms with Crippen molar-refractivity contribution in [2.75, 3.05) is 0 Å². The Morgan fingerprint density at radius 1 is 0.889 bits per heavy atom. The van der Waals surface area contributed by atoms with E-state index in [0.29, 0.717) is 0 Å². The highest BCUT2D eigenvalue weighted by Gasteiger charge is 2.00. The van der Waals surface area contributed by atoms with Gasteiger partial charge in [0.1, 0.15) is 11.5 Å². The summed E-state index contributed by atoms with van der Waals surface area (Å²) in [6.07, 6.45) is 3.00. The van der Waals surface area contributed by atoms with Gasteiger partial charge in [-0.3, -0.25) is 0 Å². The maximum Gasteiger partial charge on any atom is 0.115 e. The lowest BCUT2D eigenvalue weighted by Crippen LogP contribution is -1.83. The predicted octanol–water partition coefficient (Wildman–Crippen LogP) is 4.05. The molecule has 2 rings (SSSR count). The Bertz CT molecular complexity index is 536. The van der Waals surface area contributed by atoms with E-state index in [1.54, 1.807) is 24.3 Å². The van der Waals surface area contributed by atoms with Crippen LogP contribution in [0.1, 0.15) is 24.5 Å². The summed E-state index contributed by atoms with van der Waals surface area (Å²) < 4.78 is 0. The fourth-order valence-corrected chi connectivity index (χ4v) is 1.84. The molecule has 2 N–H and O–H groups in total. The van der Waals surface area contributed by atoms with E-state index in [9.17, 15) is 10.2 Å². The molecule has 0 bridgehead atoms. The minimum atomic E-state index is 0.273. The van der Waals surface area contributed by atoms with Crippen molar-refractivity contribution in [1.29, 1.82) is 0 Å².